The van der Waals surface area contributed by atoms with Gasteiger partial charge in [0.2, 0.25) is 11.6 Å². The largest absolute Gasteiger partial charge is 0.465 e. The molecule has 0 spiro atoms. The molecule has 2 N–H and O–H groups in total. The van der Waals surface area contributed by atoms with Crippen molar-refractivity contribution in [3.63, 3.8) is 0 Å². The molecule has 11 heteroatoms. The zero-order valence-electron chi connectivity index (χ0n) is 26.5. The van der Waals surface area contributed by atoms with Gasteiger partial charge >= 0.3 is 11.9 Å². The first-order valence-corrected chi connectivity index (χ1v) is 17.0. The average molecular weight is 634 g/mol. The molecular formula is C35H43N3O8. The fourth-order valence-electron chi connectivity index (χ4n) is 10.7. The van der Waals surface area contributed by atoms with Gasteiger partial charge in [-0.3, -0.25) is 24.2 Å². The quantitative estimate of drug-likeness (QED) is 0.292. The molecule has 8 aliphatic rings. The number of hydrogen-bond donors (Lipinski definition) is 2. The first kappa shape index (κ1) is 31.0. The Morgan fingerprint density at radius 3 is 1.22 bits per heavy atom. The number of rotatable bonds is 10. The van der Waals surface area contributed by atoms with Crippen molar-refractivity contribution in [3.8, 4) is 0 Å². The van der Waals surface area contributed by atoms with E-state index in [0.717, 1.165) is 65.6 Å². The summed E-state index contributed by atoms with van der Waals surface area (Å²) in [7, 11) is 2.30. The molecule has 0 radical (unpaired) electrons. The highest BCUT2D eigenvalue weighted by Crippen LogP contribution is 2.54. The summed E-state index contributed by atoms with van der Waals surface area (Å²) < 4.78 is 9.78. The average Bonchev–Trinajstić information content (AvgIpc) is 3.02. The maximum atomic E-state index is 13.3. The number of hydrogen-bond acceptors (Lipinski definition) is 9. The maximum absolute atomic E-state index is 13.3. The van der Waals surface area contributed by atoms with E-state index in [9.17, 15) is 28.8 Å². The Morgan fingerprint density at radius 1 is 0.587 bits per heavy atom. The van der Waals surface area contributed by atoms with Gasteiger partial charge in [-0.05, 0) is 118 Å². The fourth-order valence-corrected chi connectivity index (χ4v) is 10.7. The minimum atomic E-state index is -0.862. The smallest absolute Gasteiger partial charge is 0.339 e. The van der Waals surface area contributed by atoms with Gasteiger partial charge in [-0.15, -0.1) is 0 Å². The van der Waals surface area contributed by atoms with Crippen molar-refractivity contribution in [2.24, 2.45) is 47.3 Å². The zero-order valence-corrected chi connectivity index (χ0v) is 26.5. The van der Waals surface area contributed by atoms with Crippen LogP contribution in [0.1, 0.15) is 96.3 Å². The summed E-state index contributed by atoms with van der Waals surface area (Å²) in [5, 5.41) is 5.98. The number of methoxy groups -OCH3 is 2. The van der Waals surface area contributed by atoms with E-state index in [0.29, 0.717) is 47.3 Å². The Bertz CT molecular complexity index is 1320. The van der Waals surface area contributed by atoms with E-state index in [1.807, 2.05) is 0 Å². The molecule has 0 saturated heterocycles. The number of ether oxygens (including phenoxy) is 2. The Balaban J connectivity index is 1.08. The predicted octanol–water partition coefficient (Wildman–Crippen LogP) is 2.76. The molecule has 246 valence electrons. The number of carbonyl (C=O) groups is 6. The second kappa shape index (κ2) is 12.2. The van der Waals surface area contributed by atoms with Crippen LogP contribution in [0.15, 0.2) is 6.07 Å². The van der Waals surface area contributed by atoms with Gasteiger partial charge in [-0.2, -0.15) is 0 Å². The van der Waals surface area contributed by atoms with Crippen molar-refractivity contribution in [1.82, 2.24) is 15.6 Å². The number of nitrogens with zero attached hydrogens (tertiary/aromatic N) is 1. The van der Waals surface area contributed by atoms with E-state index in [1.165, 1.54) is 18.9 Å². The minimum absolute atomic E-state index is 0.0415. The Hall–Kier alpha value is -3.63. The van der Waals surface area contributed by atoms with Gasteiger partial charge in [0, 0.05) is 12.1 Å². The monoisotopic (exact) mass is 633 g/mol. The molecule has 2 amide bonds. The lowest BCUT2D eigenvalue weighted by Crippen LogP contribution is -2.57. The van der Waals surface area contributed by atoms with Crippen LogP contribution in [0, 0.1) is 47.3 Å². The number of nitrogens with one attached hydrogen (secondary N) is 2. The van der Waals surface area contributed by atoms with E-state index >= 15 is 0 Å². The molecular weight excluding hydrogens is 590 g/mol. The lowest BCUT2D eigenvalue weighted by molar-refractivity contribution is -0.140. The second-order valence-corrected chi connectivity index (χ2v) is 15.0. The van der Waals surface area contributed by atoms with Crippen molar-refractivity contribution in [1.29, 1.82) is 0 Å². The maximum Gasteiger partial charge on any atom is 0.339 e. The van der Waals surface area contributed by atoms with Crippen LogP contribution in [0.5, 0.6) is 0 Å². The summed E-state index contributed by atoms with van der Waals surface area (Å²) in [5.41, 5.74) is -0.580. The third-order valence-electron chi connectivity index (χ3n) is 12.2. The molecule has 8 saturated carbocycles. The third kappa shape index (κ3) is 5.74. The Labute approximate surface area is 268 Å². The van der Waals surface area contributed by atoms with Crippen LogP contribution in [0.3, 0.4) is 0 Å². The topological polar surface area (TPSA) is 158 Å². The van der Waals surface area contributed by atoms with Crippen LogP contribution >= 0.6 is 0 Å². The van der Waals surface area contributed by atoms with E-state index < -0.39 is 48.2 Å². The number of Topliss-reactive ketones (excluding diaryl/α,β-unsaturated/α-hetero) is 2. The molecule has 8 fully saturated rings. The van der Waals surface area contributed by atoms with Crippen LogP contribution in [0.4, 0.5) is 0 Å². The molecule has 0 aromatic carbocycles. The first-order valence-electron chi connectivity index (χ1n) is 17.0. The van der Waals surface area contributed by atoms with Crippen molar-refractivity contribution >= 4 is 35.3 Å². The molecule has 0 atom stereocenters. The van der Waals surface area contributed by atoms with Crippen LogP contribution in [0.2, 0.25) is 0 Å². The van der Waals surface area contributed by atoms with E-state index in [2.05, 4.69) is 15.6 Å². The third-order valence-corrected chi connectivity index (χ3v) is 12.2. The SMILES string of the molecule is COC(=O)c1cc(C(=O)OC)c(CC(=O)C(=O)NC2C3CC4CC(C3)CC2C4)nc1CC(=O)C(=O)NC1C2CC3CC(C2)CC1C3. The molecule has 9 rings (SSSR count). The normalized spacial score (nSPS) is 34.6. The standard InChI is InChI=1S/C35H43N3O8/c1-45-34(43)24-13-25(35(44)46-2)27(15-29(40)33(42)38-31-22-9-18-4-19(11-22)12-23(31)10-18)36-26(24)14-28(39)32(41)37-30-20-5-16-3-17(7-20)8-21(30)6-16/h13,16-23,30-31H,3-12,14-15H2,1-2H3,(H,37,41)(H,38,42). The second-order valence-electron chi connectivity index (χ2n) is 15.0. The highest BCUT2D eigenvalue weighted by atomic mass is 16.5. The van der Waals surface area contributed by atoms with Crippen molar-refractivity contribution in [2.75, 3.05) is 14.2 Å². The lowest BCUT2D eigenvalue weighted by atomic mass is 9.54. The number of aromatic nitrogens is 1. The highest BCUT2D eigenvalue weighted by Gasteiger charge is 2.50. The van der Waals surface area contributed by atoms with Crippen molar-refractivity contribution < 1.29 is 38.2 Å². The van der Waals surface area contributed by atoms with Crippen LogP contribution in [-0.2, 0) is 41.5 Å². The molecule has 0 aliphatic heterocycles. The number of amides is 2. The summed E-state index contributed by atoms with van der Waals surface area (Å²) in [6, 6.07) is 1.08. The number of ketones is 2. The highest BCUT2D eigenvalue weighted by molar-refractivity contribution is 6.37. The van der Waals surface area contributed by atoms with Crippen LogP contribution in [0.25, 0.3) is 0 Å². The van der Waals surface area contributed by atoms with Crippen molar-refractivity contribution in [2.45, 2.75) is 89.1 Å². The van der Waals surface area contributed by atoms with Gasteiger partial charge < -0.3 is 20.1 Å². The summed E-state index contributed by atoms with van der Waals surface area (Å²) in [6.07, 6.45) is 10.0. The fraction of sp³-hybridized carbons (Fsp3) is 0.686. The Morgan fingerprint density at radius 2 is 0.913 bits per heavy atom. The zero-order chi connectivity index (χ0) is 32.3. The van der Waals surface area contributed by atoms with Gasteiger partial charge in [0.05, 0.1) is 49.6 Å². The molecule has 8 bridgehead atoms. The minimum Gasteiger partial charge on any atom is -0.465 e. The number of esters is 2. The molecule has 0 unspecified atom stereocenters. The molecule has 1 heterocycles. The summed E-state index contributed by atoms with van der Waals surface area (Å²) >= 11 is 0. The molecule has 46 heavy (non-hydrogen) atoms. The predicted molar refractivity (Wildman–Crippen MR) is 162 cm³/mol. The van der Waals surface area contributed by atoms with Gasteiger partial charge in [-0.1, -0.05) is 0 Å². The van der Waals surface area contributed by atoms with Gasteiger partial charge in [0.15, 0.2) is 0 Å². The van der Waals surface area contributed by atoms with E-state index in [-0.39, 0.29) is 34.6 Å². The van der Waals surface area contributed by atoms with Crippen molar-refractivity contribution in [3.05, 3.63) is 28.6 Å². The summed E-state index contributed by atoms with van der Waals surface area (Å²) in [5.74, 6) is -0.424. The molecule has 1 aromatic rings. The van der Waals surface area contributed by atoms with Crippen LogP contribution < -0.4 is 10.6 Å². The van der Waals surface area contributed by atoms with E-state index in [1.54, 1.807) is 0 Å². The molecule has 11 nitrogen and oxygen atoms in total. The number of carbonyl (C=O) groups excluding carboxylic acids is 6. The van der Waals surface area contributed by atoms with Gasteiger partial charge in [0.25, 0.3) is 11.8 Å². The van der Waals surface area contributed by atoms with Gasteiger partial charge in [-0.25, -0.2) is 9.59 Å². The first-order chi connectivity index (χ1) is 22.1. The van der Waals surface area contributed by atoms with Gasteiger partial charge in [0.1, 0.15) is 0 Å². The van der Waals surface area contributed by atoms with Crippen LogP contribution in [-0.4, -0.2) is 66.6 Å². The lowest BCUT2D eigenvalue weighted by Gasteiger charge is -2.54. The summed E-state index contributed by atoms with van der Waals surface area (Å²) in [6.45, 7) is 0. The Kier molecular flexibility index (Phi) is 8.21. The summed E-state index contributed by atoms with van der Waals surface area (Å²) in [4.78, 5) is 82.8. The number of pyridine rings is 1. The molecule has 8 aliphatic carbocycles. The molecule has 1 aromatic heterocycles. The van der Waals surface area contributed by atoms with E-state index in [4.69, 9.17) is 9.47 Å².